The van der Waals surface area contributed by atoms with Crippen molar-refractivity contribution in [3.63, 3.8) is 0 Å². The third-order valence-electron chi connectivity index (χ3n) is 12.6. The molecule has 2 aromatic carbocycles. The van der Waals surface area contributed by atoms with Crippen LogP contribution in [0.3, 0.4) is 0 Å². The molecular formula is C45H62F4O2. The quantitative estimate of drug-likeness (QED) is 0.193. The number of rotatable bonds is 13. The predicted molar refractivity (Wildman–Crippen MR) is 202 cm³/mol. The maximum absolute atomic E-state index is 12.2. The molecule has 6 rings (SSSR count). The second-order valence-corrected chi connectivity index (χ2v) is 15.8. The van der Waals surface area contributed by atoms with Gasteiger partial charge in [-0.3, -0.25) is 0 Å². The van der Waals surface area contributed by atoms with E-state index in [4.69, 9.17) is 0 Å². The predicted octanol–water partition coefficient (Wildman–Crippen LogP) is 14.5. The summed E-state index contributed by atoms with van der Waals surface area (Å²) in [5.74, 6) is 5.93. The molecule has 0 bridgehead atoms. The van der Waals surface area contributed by atoms with Crippen LogP contribution in [-0.2, 0) is 0 Å². The van der Waals surface area contributed by atoms with E-state index < -0.39 is 13.2 Å². The molecule has 282 valence electrons. The van der Waals surface area contributed by atoms with E-state index in [2.05, 4.69) is 35.5 Å². The summed E-state index contributed by atoms with van der Waals surface area (Å²) in [6, 6.07) is 14.2. The summed E-state index contributed by atoms with van der Waals surface area (Å²) in [6.07, 6.45) is 30.2. The van der Waals surface area contributed by atoms with E-state index in [0.717, 1.165) is 59.5 Å². The number of halogens is 4. The van der Waals surface area contributed by atoms with Gasteiger partial charge in [-0.05, 0) is 146 Å². The summed E-state index contributed by atoms with van der Waals surface area (Å²) < 4.78 is 57.8. The van der Waals surface area contributed by atoms with Gasteiger partial charge in [0.1, 0.15) is 11.5 Å². The number of hydrogen-bond acceptors (Lipinski definition) is 2. The summed E-state index contributed by atoms with van der Waals surface area (Å²) in [6.45, 7) is -0.927. The molecule has 2 unspecified atom stereocenters. The zero-order chi connectivity index (χ0) is 36.0. The van der Waals surface area contributed by atoms with E-state index in [1.807, 2.05) is 24.3 Å². The van der Waals surface area contributed by atoms with Gasteiger partial charge in [0.05, 0.1) is 0 Å². The summed E-state index contributed by atoms with van der Waals surface area (Å²) in [4.78, 5) is 0. The molecule has 2 saturated carbocycles. The first-order chi connectivity index (χ1) is 24.8. The summed E-state index contributed by atoms with van der Waals surface area (Å²) >= 11 is 0. The van der Waals surface area contributed by atoms with Crippen molar-refractivity contribution in [2.45, 2.75) is 149 Å². The number of benzene rings is 2. The van der Waals surface area contributed by atoms with E-state index in [9.17, 15) is 17.6 Å². The average Bonchev–Trinajstić information content (AvgIpc) is 3.15. The minimum Gasteiger partial charge on any atom is -0.435 e. The Bertz CT molecular complexity index is 1340. The fourth-order valence-electron chi connectivity index (χ4n) is 9.59. The first kappa shape index (κ1) is 39.4. The van der Waals surface area contributed by atoms with Gasteiger partial charge >= 0.3 is 13.2 Å². The van der Waals surface area contributed by atoms with Gasteiger partial charge in [-0.15, -0.1) is 0 Å². The van der Waals surface area contributed by atoms with Gasteiger partial charge in [0.2, 0.25) is 0 Å². The Morgan fingerprint density at radius 1 is 0.510 bits per heavy atom. The molecule has 4 aliphatic carbocycles. The first-order valence-electron chi connectivity index (χ1n) is 20.3. The van der Waals surface area contributed by atoms with E-state index >= 15 is 0 Å². The molecular weight excluding hydrogens is 648 g/mol. The molecule has 0 aliphatic heterocycles. The van der Waals surface area contributed by atoms with Crippen LogP contribution < -0.4 is 9.47 Å². The van der Waals surface area contributed by atoms with Crippen LogP contribution in [0.4, 0.5) is 17.6 Å². The highest BCUT2D eigenvalue weighted by Crippen LogP contribution is 2.43. The average molecular weight is 711 g/mol. The van der Waals surface area contributed by atoms with Crippen LogP contribution in [-0.4, -0.2) is 13.2 Å². The maximum Gasteiger partial charge on any atom is 0.387 e. The third kappa shape index (κ3) is 12.4. The van der Waals surface area contributed by atoms with Crippen LogP contribution >= 0.6 is 0 Å². The molecule has 0 heterocycles. The highest BCUT2D eigenvalue weighted by molar-refractivity contribution is 5.67. The van der Waals surface area contributed by atoms with Crippen LogP contribution in [0, 0.1) is 35.5 Å². The fourth-order valence-corrected chi connectivity index (χ4v) is 9.59. The van der Waals surface area contributed by atoms with E-state index in [0.29, 0.717) is 0 Å². The van der Waals surface area contributed by atoms with Gasteiger partial charge in [0, 0.05) is 0 Å². The van der Waals surface area contributed by atoms with Crippen LogP contribution in [0.2, 0.25) is 0 Å². The summed E-state index contributed by atoms with van der Waals surface area (Å²) in [5.41, 5.74) is 5.01. The lowest BCUT2D eigenvalue weighted by Crippen LogP contribution is -2.23. The first-order valence-corrected chi connectivity index (χ1v) is 20.3. The molecule has 0 radical (unpaired) electrons. The summed E-state index contributed by atoms with van der Waals surface area (Å²) in [5, 5.41) is 0. The largest absolute Gasteiger partial charge is 0.435 e. The van der Waals surface area contributed by atoms with Gasteiger partial charge < -0.3 is 9.47 Å². The zero-order valence-electron chi connectivity index (χ0n) is 31.2. The number of ether oxygens (including phenoxy) is 2. The van der Waals surface area contributed by atoms with Crippen LogP contribution in [0.5, 0.6) is 11.5 Å². The van der Waals surface area contributed by atoms with Crippen molar-refractivity contribution in [3.05, 3.63) is 71.8 Å². The second-order valence-electron chi connectivity index (χ2n) is 15.8. The zero-order valence-corrected chi connectivity index (χ0v) is 31.2. The molecule has 6 heteroatoms. The van der Waals surface area contributed by atoms with Crippen molar-refractivity contribution in [2.24, 2.45) is 35.5 Å². The SMILES string of the molecule is CCCC1CCC(C2CC=C(c3ccc(OC(F)F)cc3)CC2)CC1.CCCCC1CCC(C2CC=C(c3ccc(OC(F)F)cc3)CC2)CC1. The lowest BCUT2D eigenvalue weighted by Gasteiger charge is -2.35. The number of allylic oxidation sites excluding steroid dienone is 4. The van der Waals surface area contributed by atoms with Gasteiger partial charge in [-0.2, -0.15) is 17.6 Å². The molecule has 0 amide bonds. The van der Waals surface area contributed by atoms with Gasteiger partial charge in [0.15, 0.2) is 0 Å². The van der Waals surface area contributed by atoms with E-state index in [1.165, 1.54) is 120 Å². The van der Waals surface area contributed by atoms with Crippen molar-refractivity contribution >= 4 is 11.1 Å². The van der Waals surface area contributed by atoms with Crippen molar-refractivity contribution in [3.8, 4) is 11.5 Å². The Morgan fingerprint density at radius 3 is 1.25 bits per heavy atom. The van der Waals surface area contributed by atoms with Crippen LogP contribution in [0.15, 0.2) is 60.7 Å². The highest BCUT2D eigenvalue weighted by Gasteiger charge is 2.30. The Balaban J connectivity index is 0.000000198. The van der Waals surface area contributed by atoms with Crippen molar-refractivity contribution in [2.75, 3.05) is 0 Å². The van der Waals surface area contributed by atoms with Crippen molar-refractivity contribution in [1.29, 1.82) is 0 Å². The molecule has 2 aromatic rings. The Hall–Kier alpha value is -2.76. The molecule has 0 N–H and O–H groups in total. The molecule has 51 heavy (non-hydrogen) atoms. The molecule has 2 fully saturated rings. The summed E-state index contributed by atoms with van der Waals surface area (Å²) in [7, 11) is 0. The van der Waals surface area contributed by atoms with Crippen molar-refractivity contribution < 1.29 is 27.0 Å². The van der Waals surface area contributed by atoms with Gasteiger partial charge in [-0.1, -0.05) is 108 Å². The lowest BCUT2D eigenvalue weighted by molar-refractivity contribution is -0.0505. The molecule has 0 aromatic heterocycles. The van der Waals surface area contributed by atoms with Crippen LogP contribution in [0.25, 0.3) is 11.1 Å². The molecule has 0 spiro atoms. The monoisotopic (exact) mass is 710 g/mol. The van der Waals surface area contributed by atoms with E-state index in [-0.39, 0.29) is 11.5 Å². The van der Waals surface area contributed by atoms with Crippen LogP contribution in [0.1, 0.15) is 147 Å². The lowest BCUT2D eigenvalue weighted by atomic mass is 9.70. The minimum absolute atomic E-state index is 0.233. The minimum atomic E-state index is -2.76. The Morgan fingerprint density at radius 2 is 0.922 bits per heavy atom. The standard InChI is InChI=1S/C23H32F2O.C22H30F2O/c1-2-3-4-17-5-7-18(8-6-17)19-9-11-20(12-10-19)21-13-15-22(16-14-21)26-23(24)25;1-2-3-16-4-6-17(7-5-16)18-8-10-19(11-9-18)20-12-14-21(15-13-20)25-22(23)24/h11,13-19,23H,2-10,12H2,1H3;10,12-18,22H,2-9,11H2,1H3. The topological polar surface area (TPSA) is 18.5 Å². The Labute approximate surface area is 305 Å². The molecule has 2 atom stereocenters. The number of hydrogen-bond donors (Lipinski definition) is 0. The maximum atomic E-state index is 12.2. The highest BCUT2D eigenvalue weighted by atomic mass is 19.3. The smallest absolute Gasteiger partial charge is 0.387 e. The second kappa shape index (κ2) is 20.5. The van der Waals surface area contributed by atoms with E-state index in [1.54, 1.807) is 24.3 Å². The number of unbranched alkanes of at least 4 members (excludes halogenated alkanes) is 1. The molecule has 0 saturated heterocycles. The Kier molecular flexibility index (Phi) is 15.8. The number of alkyl halides is 4. The third-order valence-corrected chi connectivity index (χ3v) is 12.6. The normalized spacial score (nSPS) is 26.9. The molecule has 2 nitrogen and oxygen atoms in total. The van der Waals surface area contributed by atoms with Crippen molar-refractivity contribution in [1.82, 2.24) is 0 Å². The van der Waals surface area contributed by atoms with Gasteiger partial charge in [-0.25, -0.2) is 0 Å². The van der Waals surface area contributed by atoms with Gasteiger partial charge in [0.25, 0.3) is 0 Å². The molecule has 4 aliphatic rings. The fraction of sp³-hybridized carbons (Fsp3) is 0.644.